The van der Waals surface area contributed by atoms with E-state index in [1.165, 1.54) is 25.7 Å². The predicted octanol–water partition coefficient (Wildman–Crippen LogP) is 0.0630. The summed E-state index contributed by atoms with van der Waals surface area (Å²) in [6, 6.07) is 0.546. The van der Waals surface area contributed by atoms with Gasteiger partial charge in [0.05, 0.1) is 0 Å². The van der Waals surface area contributed by atoms with Crippen LogP contribution >= 0.6 is 0 Å². The minimum atomic E-state index is 0. The van der Waals surface area contributed by atoms with Crippen molar-refractivity contribution in [3.63, 3.8) is 0 Å². The Kier molecular flexibility index (Phi) is 2.96. The molecule has 0 aromatic rings. The lowest BCUT2D eigenvalue weighted by atomic mass is 10.3. The quantitative estimate of drug-likeness (QED) is 0.463. The highest BCUT2D eigenvalue weighted by atomic mass is 16.0. The lowest BCUT2D eigenvalue weighted by Crippen LogP contribution is -2.13. The van der Waals surface area contributed by atoms with Gasteiger partial charge < -0.3 is 11.2 Å². The molecule has 1 aliphatic rings. The van der Waals surface area contributed by atoms with Crippen molar-refractivity contribution in [3.8, 4) is 0 Å². The zero-order valence-electron chi connectivity index (χ0n) is 4.48. The van der Waals surface area contributed by atoms with E-state index in [4.69, 9.17) is 5.73 Å². The first-order valence-electron chi connectivity index (χ1n) is 2.65. The topological polar surface area (TPSA) is 57.5 Å². The molecule has 44 valence electrons. The molecule has 2 heteroatoms. The summed E-state index contributed by atoms with van der Waals surface area (Å²) in [5.74, 6) is 0. The molecule has 0 saturated heterocycles. The monoisotopic (exact) mass is 103 g/mol. The van der Waals surface area contributed by atoms with Gasteiger partial charge >= 0.3 is 0 Å². The van der Waals surface area contributed by atoms with Crippen molar-refractivity contribution < 1.29 is 5.48 Å². The smallest absolute Gasteiger partial charge is 0.00388 e. The van der Waals surface area contributed by atoms with E-state index in [2.05, 4.69) is 0 Å². The SMILES string of the molecule is NC1CCCC1.O. The third-order valence-electron chi connectivity index (χ3n) is 1.40. The molecular weight excluding hydrogens is 90.1 g/mol. The molecule has 2 nitrogen and oxygen atoms in total. The first-order chi connectivity index (χ1) is 2.89. The molecular formula is C5H13NO. The maximum Gasteiger partial charge on any atom is 0.00388 e. The van der Waals surface area contributed by atoms with Crippen molar-refractivity contribution >= 4 is 0 Å². The van der Waals surface area contributed by atoms with Crippen LogP contribution in [0, 0.1) is 0 Å². The average Bonchev–Trinajstić information content (AvgIpc) is 1.86. The Morgan fingerprint density at radius 2 is 1.57 bits per heavy atom. The molecule has 0 spiro atoms. The number of rotatable bonds is 0. The van der Waals surface area contributed by atoms with Gasteiger partial charge in [-0.25, -0.2) is 0 Å². The molecule has 0 unspecified atom stereocenters. The van der Waals surface area contributed by atoms with Crippen LogP contribution in [0.25, 0.3) is 0 Å². The summed E-state index contributed by atoms with van der Waals surface area (Å²) in [6.45, 7) is 0. The summed E-state index contributed by atoms with van der Waals surface area (Å²) in [5, 5.41) is 0. The summed E-state index contributed by atoms with van der Waals surface area (Å²) in [4.78, 5) is 0. The minimum Gasteiger partial charge on any atom is -0.412 e. The third kappa shape index (κ3) is 1.90. The van der Waals surface area contributed by atoms with Crippen LogP contribution in [0.4, 0.5) is 0 Å². The van der Waals surface area contributed by atoms with E-state index >= 15 is 0 Å². The molecule has 4 N–H and O–H groups in total. The standard InChI is InChI=1S/C5H11N.H2O/c6-5-3-1-2-4-5;/h5H,1-4,6H2;1H2. The summed E-state index contributed by atoms with van der Waals surface area (Å²) in [6.07, 6.45) is 5.25. The molecule has 0 heterocycles. The Labute approximate surface area is 44.0 Å². The normalized spacial score (nSPS) is 21.9. The molecule has 0 radical (unpaired) electrons. The van der Waals surface area contributed by atoms with Crippen LogP contribution in [-0.4, -0.2) is 11.5 Å². The summed E-state index contributed by atoms with van der Waals surface area (Å²) >= 11 is 0. The van der Waals surface area contributed by atoms with Crippen LogP contribution in [0.2, 0.25) is 0 Å². The van der Waals surface area contributed by atoms with Crippen molar-refractivity contribution in [1.82, 2.24) is 0 Å². The van der Waals surface area contributed by atoms with E-state index in [9.17, 15) is 0 Å². The molecule has 0 aromatic carbocycles. The molecule has 0 aliphatic heterocycles. The van der Waals surface area contributed by atoms with Crippen molar-refractivity contribution in [2.24, 2.45) is 5.73 Å². The molecule has 1 aliphatic carbocycles. The first-order valence-corrected chi connectivity index (χ1v) is 2.65. The van der Waals surface area contributed by atoms with Gasteiger partial charge in [0.1, 0.15) is 0 Å². The Hall–Kier alpha value is -0.0800. The zero-order chi connectivity index (χ0) is 4.41. The van der Waals surface area contributed by atoms with Crippen molar-refractivity contribution in [2.75, 3.05) is 0 Å². The summed E-state index contributed by atoms with van der Waals surface area (Å²) in [7, 11) is 0. The fraction of sp³-hybridized carbons (Fsp3) is 1.00. The van der Waals surface area contributed by atoms with Crippen LogP contribution in [-0.2, 0) is 0 Å². The summed E-state index contributed by atoms with van der Waals surface area (Å²) in [5.41, 5.74) is 5.53. The lowest BCUT2D eigenvalue weighted by molar-refractivity contribution is 0.704. The number of hydrogen-bond donors (Lipinski definition) is 1. The second-order valence-corrected chi connectivity index (χ2v) is 2.04. The molecule has 0 bridgehead atoms. The Morgan fingerprint density at radius 1 is 1.14 bits per heavy atom. The van der Waals surface area contributed by atoms with Crippen LogP contribution in [0.1, 0.15) is 25.7 Å². The van der Waals surface area contributed by atoms with Crippen molar-refractivity contribution in [3.05, 3.63) is 0 Å². The van der Waals surface area contributed by atoms with Crippen LogP contribution in [0.15, 0.2) is 0 Å². The van der Waals surface area contributed by atoms with Crippen LogP contribution in [0.3, 0.4) is 0 Å². The summed E-state index contributed by atoms with van der Waals surface area (Å²) < 4.78 is 0. The highest BCUT2D eigenvalue weighted by Crippen LogP contribution is 2.14. The molecule has 0 atom stereocenters. The molecule has 0 aromatic heterocycles. The van der Waals surface area contributed by atoms with Crippen LogP contribution < -0.4 is 5.73 Å². The zero-order valence-corrected chi connectivity index (χ0v) is 4.48. The fourth-order valence-corrected chi connectivity index (χ4v) is 0.957. The number of nitrogens with two attached hydrogens (primary N) is 1. The Bertz CT molecular complexity index is 41.3. The lowest BCUT2D eigenvalue weighted by Gasteiger charge is -1.92. The molecule has 1 fully saturated rings. The highest BCUT2D eigenvalue weighted by Gasteiger charge is 2.07. The van der Waals surface area contributed by atoms with E-state index in [0.29, 0.717) is 6.04 Å². The van der Waals surface area contributed by atoms with E-state index in [1.54, 1.807) is 0 Å². The predicted molar refractivity (Wildman–Crippen MR) is 30.1 cm³/mol. The second-order valence-electron chi connectivity index (χ2n) is 2.04. The van der Waals surface area contributed by atoms with E-state index in [1.807, 2.05) is 0 Å². The van der Waals surface area contributed by atoms with Gasteiger partial charge in [-0.2, -0.15) is 0 Å². The molecule has 1 saturated carbocycles. The third-order valence-corrected chi connectivity index (χ3v) is 1.40. The van der Waals surface area contributed by atoms with Crippen LogP contribution in [0.5, 0.6) is 0 Å². The highest BCUT2D eigenvalue weighted by molar-refractivity contribution is 4.67. The maximum absolute atomic E-state index is 5.53. The molecule has 1 rings (SSSR count). The van der Waals surface area contributed by atoms with Gasteiger partial charge in [-0.1, -0.05) is 12.8 Å². The Balaban J connectivity index is 0.000000360. The molecule has 7 heavy (non-hydrogen) atoms. The Morgan fingerprint density at radius 3 is 1.71 bits per heavy atom. The van der Waals surface area contributed by atoms with Crippen molar-refractivity contribution in [2.45, 2.75) is 31.7 Å². The largest absolute Gasteiger partial charge is 0.412 e. The van der Waals surface area contributed by atoms with Gasteiger partial charge in [0, 0.05) is 6.04 Å². The van der Waals surface area contributed by atoms with E-state index < -0.39 is 0 Å². The molecule has 0 amide bonds. The van der Waals surface area contributed by atoms with Gasteiger partial charge in [0.2, 0.25) is 0 Å². The van der Waals surface area contributed by atoms with Gasteiger partial charge in [-0.05, 0) is 12.8 Å². The van der Waals surface area contributed by atoms with Gasteiger partial charge in [0.25, 0.3) is 0 Å². The second kappa shape index (κ2) is 2.99. The van der Waals surface area contributed by atoms with Gasteiger partial charge in [-0.3, -0.25) is 0 Å². The van der Waals surface area contributed by atoms with Gasteiger partial charge in [-0.15, -0.1) is 0 Å². The first kappa shape index (κ1) is 6.92. The maximum atomic E-state index is 5.53. The van der Waals surface area contributed by atoms with E-state index in [0.717, 1.165) is 0 Å². The minimum absolute atomic E-state index is 0. The van der Waals surface area contributed by atoms with E-state index in [-0.39, 0.29) is 5.48 Å². The number of hydrogen-bond acceptors (Lipinski definition) is 1. The van der Waals surface area contributed by atoms with Gasteiger partial charge in [0.15, 0.2) is 0 Å². The average molecular weight is 103 g/mol. The fourth-order valence-electron chi connectivity index (χ4n) is 0.957. The van der Waals surface area contributed by atoms with Crippen molar-refractivity contribution in [1.29, 1.82) is 0 Å².